The van der Waals surface area contributed by atoms with E-state index >= 15 is 0 Å². The fourth-order valence-electron chi connectivity index (χ4n) is 0.307. The summed E-state index contributed by atoms with van der Waals surface area (Å²) in [5.74, 6) is 0. The zero-order valence-electron chi connectivity index (χ0n) is 4.96. The average molecular weight is 115 g/mol. The Hall–Kier alpha value is -0.340. The average Bonchev–Trinajstić information content (AvgIpc) is 1.67. The summed E-state index contributed by atoms with van der Waals surface area (Å²) in [5, 5.41) is 17.3. The summed E-state index contributed by atoms with van der Waals surface area (Å²) in [6.07, 6.45) is 2.89. The highest BCUT2D eigenvalue weighted by Gasteiger charge is 2.12. The topological polar surface area (TPSA) is 40.5 Å². The second-order valence-corrected chi connectivity index (χ2v) is 1.92. The van der Waals surface area contributed by atoms with Gasteiger partial charge in [0.15, 0.2) is 0 Å². The summed E-state index contributed by atoms with van der Waals surface area (Å²) in [6.45, 7) is 4.61. The van der Waals surface area contributed by atoms with Crippen molar-refractivity contribution in [2.75, 3.05) is 6.61 Å². The molecule has 1 unspecified atom stereocenters. The molecule has 0 aliphatic heterocycles. The van der Waals surface area contributed by atoms with E-state index in [2.05, 4.69) is 6.92 Å². The lowest BCUT2D eigenvalue weighted by molar-refractivity contribution is 0.0435. The Labute approximate surface area is 49.5 Å². The molecule has 0 saturated heterocycles. The zero-order valence-corrected chi connectivity index (χ0v) is 4.96. The molecule has 1 radical (unpaired) electrons. The van der Waals surface area contributed by atoms with E-state index in [-0.39, 0.29) is 6.61 Å². The SMILES string of the molecule is [CH2]/C=C/C(C)(O)CO. The molecule has 0 saturated carbocycles. The van der Waals surface area contributed by atoms with Crippen molar-refractivity contribution in [2.45, 2.75) is 12.5 Å². The Kier molecular flexibility index (Phi) is 2.72. The Bertz CT molecular complexity index is 84.5. The van der Waals surface area contributed by atoms with Crippen LogP contribution in [0.15, 0.2) is 12.2 Å². The van der Waals surface area contributed by atoms with E-state index < -0.39 is 5.60 Å². The number of aliphatic hydroxyl groups is 2. The summed E-state index contributed by atoms with van der Waals surface area (Å²) in [7, 11) is 0. The van der Waals surface area contributed by atoms with Crippen LogP contribution in [-0.4, -0.2) is 22.4 Å². The van der Waals surface area contributed by atoms with Gasteiger partial charge in [0.1, 0.15) is 5.60 Å². The number of allylic oxidation sites excluding steroid dienone is 1. The van der Waals surface area contributed by atoms with E-state index in [9.17, 15) is 0 Å². The molecule has 0 bridgehead atoms. The monoisotopic (exact) mass is 115 g/mol. The van der Waals surface area contributed by atoms with E-state index in [1.54, 1.807) is 0 Å². The molecule has 0 aromatic heterocycles. The fourth-order valence-corrected chi connectivity index (χ4v) is 0.307. The highest BCUT2D eigenvalue weighted by atomic mass is 16.3. The van der Waals surface area contributed by atoms with Gasteiger partial charge in [-0.3, -0.25) is 0 Å². The van der Waals surface area contributed by atoms with E-state index in [1.807, 2.05) is 0 Å². The molecule has 0 aromatic carbocycles. The molecule has 0 aliphatic carbocycles. The molecule has 0 amide bonds. The molecule has 2 nitrogen and oxygen atoms in total. The van der Waals surface area contributed by atoms with E-state index in [1.165, 1.54) is 19.1 Å². The van der Waals surface area contributed by atoms with Crippen LogP contribution in [0, 0.1) is 6.92 Å². The lowest BCUT2D eigenvalue weighted by atomic mass is 10.1. The first kappa shape index (κ1) is 7.66. The molecule has 47 valence electrons. The molecule has 2 heteroatoms. The maximum atomic E-state index is 8.95. The smallest absolute Gasteiger partial charge is 0.103 e. The highest BCUT2D eigenvalue weighted by molar-refractivity contribution is 4.98. The molecule has 0 aromatic rings. The third-order valence-corrected chi connectivity index (χ3v) is 0.797. The van der Waals surface area contributed by atoms with Gasteiger partial charge < -0.3 is 10.2 Å². The van der Waals surface area contributed by atoms with Crippen LogP contribution in [0.25, 0.3) is 0 Å². The van der Waals surface area contributed by atoms with Gasteiger partial charge in [-0.05, 0) is 13.8 Å². The van der Waals surface area contributed by atoms with Crippen LogP contribution >= 0.6 is 0 Å². The van der Waals surface area contributed by atoms with Crippen molar-refractivity contribution in [2.24, 2.45) is 0 Å². The Morgan fingerprint density at radius 3 is 2.38 bits per heavy atom. The Morgan fingerprint density at radius 1 is 1.75 bits per heavy atom. The summed E-state index contributed by atoms with van der Waals surface area (Å²) in [4.78, 5) is 0. The van der Waals surface area contributed by atoms with Crippen LogP contribution in [-0.2, 0) is 0 Å². The van der Waals surface area contributed by atoms with Gasteiger partial charge in [-0.1, -0.05) is 12.2 Å². The van der Waals surface area contributed by atoms with Gasteiger partial charge in [-0.2, -0.15) is 0 Å². The van der Waals surface area contributed by atoms with Gasteiger partial charge in [0.2, 0.25) is 0 Å². The van der Waals surface area contributed by atoms with Crippen molar-refractivity contribution in [1.29, 1.82) is 0 Å². The van der Waals surface area contributed by atoms with Crippen LogP contribution in [0.2, 0.25) is 0 Å². The zero-order chi connectivity index (χ0) is 6.62. The van der Waals surface area contributed by atoms with Crippen molar-refractivity contribution >= 4 is 0 Å². The highest BCUT2D eigenvalue weighted by Crippen LogP contribution is 2.01. The molecule has 2 N–H and O–H groups in total. The normalized spacial score (nSPS) is 19.0. The maximum absolute atomic E-state index is 8.95. The van der Waals surface area contributed by atoms with Crippen molar-refractivity contribution < 1.29 is 10.2 Å². The second kappa shape index (κ2) is 2.84. The molecular formula is C6H11O2. The molecule has 0 fully saturated rings. The Balaban J connectivity index is 3.71. The predicted octanol–water partition coefficient (Wildman–Crippen LogP) is 0.120. The van der Waals surface area contributed by atoms with Gasteiger partial charge >= 0.3 is 0 Å². The van der Waals surface area contributed by atoms with Crippen LogP contribution in [0.4, 0.5) is 0 Å². The summed E-state index contributed by atoms with van der Waals surface area (Å²) < 4.78 is 0. The first-order valence-electron chi connectivity index (χ1n) is 2.42. The van der Waals surface area contributed by atoms with Crippen LogP contribution in [0.1, 0.15) is 6.92 Å². The molecule has 0 spiro atoms. The van der Waals surface area contributed by atoms with E-state index in [0.717, 1.165) is 0 Å². The summed E-state index contributed by atoms with van der Waals surface area (Å²) in [5.41, 5.74) is -1.10. The lowest BCUT2D eigenvalue weighted by Gasteiger charge is -2.13. The number of aliphatic hydroxyl groups excluding tert-OH is 1. The lowest BCUT2D eigenvalue weighted by Crippen LogP contribution is -2.25. The van der Waals surface area contributed by atoms with Gasteiger partial charge in [0.25, 0.3) is 0 Å². The minimum absolute atomic E-state index is 0.265. The van der Waals surface area contributed by atoms with Crippen molar-refractivity contribution in [3.05, 3.63) is 19.1 Å². The number of rotatable bonds is 2. The maximum Gasteiger partial charge on any atom is 0.103 e. The standard InChI is InChI=1S/C6H11O2/c1-3-4-6(2,8)5-7/h3-4,7-8H,1,5H2,2H3/b4-3+. The van der Waals surface area contributed by atoms with Crippen LogP contribution in [0.5, 0.6) is 0 Å². The second-order valence-electron chi connectivity index (χ2n) is 1.92. The quantitative estimate of drug-likeness (QED) is 0.536. The summed E-state index contributed by atoms with van der Waals surface area (Å²) in [6, 6.07) is 0. The largest absolute Gasteiger partial charge is 0.393 e. The molecule has 0 rings (SSSR count). The third-order valence-electron chi connectivity index (χ3n) is 0.797. The number of hydrogen-bond acceptors (Lipinski definition) is 2. The van der Waals surface area contributed by atoms with Gasteiger partial charge in [-0.25, -0.2) is 0 Å². The van der Waals surface area contributed by atoms with E-state index in [0.29, 0.717) is 0 Å². The fraction of sp³-hybridized carbons (Fsp3) is 0.500. The Morgan fingerprint density at radius 2 is 2.25 bits per heavy atom. The molecule has 8 heavy (non-hydrogen) atoms. The van der Waals surface area contributed by atoms with E-state index in [4.69, 9.17) is 10.2 Å². The molecular weight excluding hydrogens is 104 g/mol. The van der Waals surface area contributed by atoms with Gasteiger partial charge in [0, 0.05) is 0 Å². The summed E-state index contributed by atoms with van der Waals surface area (Å²) >= 11 is 0. The molecule has 1 atom stereocenters. The predicted molar refractivity (Wildman–Crippen MR) is 32.2 cm³/mol. The van der Waals surface area contributed by atoms with Crippen LogP contribution < -0.4 is 0 Å². The minimum atomic E-state index is -1.10. The minimum Gasteiger partial charge on any atom is -0.393 e. The van der Waals surface area contributed by atoms with Crippen molar-refractivity contribution in [1.82, 2.24) is 0 Å². The first-order chi connectivity index (χ1) is 3.62. The first-order valence-corrected chi connectivity index (χ1v) is 2.42. The molecule has 0 aliphatic rings. The van der Waals surface area contributed by atoms with Crippen molar-refractivity contribution in [3.8, 4) is 0 Å². The third kappa shape index (κ3) is 2.77. The van der Waals surface area contributed by atoms with Crippen LogP contribution in [0.3, 0.4) is 0 Å². The van der Waals surface area contributed by atoms with Gasteiger partial charge in [0.05, 0.1) is 6.61 Å². The van der Waals surface area contributed by atoms with Gasteiger partial charge in [-0.15, -0.1) is 0 Å². The van der Waals surface area contributed by atoms with Crippen molar-refractivity contribution in [3.63, 3.8) is 0 Å². The molecule has 0 heterocycles. The number of hydrogen-bond donors (Lipinski definition) is 2.